The molecule has 11 heavy (non-hydrogen) atoms. The Labute approximate surface area is 69.6 Å². The van der Waals surface area contributed by atoms with Crippen molar-refractivity contribution < 1.29 is 9.84 Å². The van der Waals surface area contributed by atoms with Gasteiger partial charge in [-0.2, -0.15) is 0 Å². The Hall–Kier alpha value is -0.0800. The average Bonchev–Trinajstić information content (AvgIpc) is 2.04. The summed E-state index contributed by atoms with van der Waals surface area (Å²) >= 11 is 0. The van der Waals surface area contributed by atoms with Gasteiger partial charge in [0.1, 0.15) is 0 Å². The van der Waals surface area contributed by atoms with E-state index in [4.69, 9.17) is 9.84 Å². The molecule has 0 aliphatic carbocycles. The van der Waals surface area contributed by atoms with E-state index in [1.165, 1.54) is 0 Å². The quantitative estimate of drug-likeness (QED) is 0.576. The van der Waals surface area contributed by atoms with Crippen molar-refractivity contribution in [2.24, 2.45) is 5.92 Å². The molecule has 1 unspecified atom stereocenters. The molecule has 0 saturated heterocycles. The molecule has 0 fully saturated rings. The zero-order valence-electron chi connectivity index (χ0n) is 7.68. The molecule has 1 atom stereocenters. The monoisotopic (exact) mass is 160 g/mol. The van der Waals surface area contributed by atoms with Crippen LogP contribution >= 0.6 is 0 Å². The maximum absolute atomic E-state index is 8.70. The van der Waals surface area contributed by atoms with Crippen molar-refractivity contribution in [3.8, 4) is 0 Å². The van der Waals surface area contributed by atoms with E-state index in [9.17, 15) is 0 Å². The van der Waals surface area contributed by atoms with Gasteiger partial charge in [-0.1, -0.05) is 13.8 Å². The standard InChI is InChI=1S/C9H20O2/c1-3-6-11-7-4-5-9(2)8-10/h9-10H,3-8H2,1-2H3. The van der Waals surface area contributed by atoms with Crippen LogP contribution in [0.1, 0.15) is 33.1 Å². The van der Waals surface area contributed by atoms with Gasteiger partial charge < -0.3 is 9.84 Å². The van der Waals surface area contributed by atoms with Crippen molar-refractivity contribution in [3.05, 3.63) is 0 Å². The predicted molar refractivity (Wildman–Crippen MR) is 46.6 cm³/mol. The van der Waals surface area contributed by atoms with Crippen LogP contribution < -0.4 is 0 Å². The van der Waals surface area contributed by atoms with Gasteiger partial charge in [-0.3, -0.25) is 0 Å². The molecule has 0 saturated carbocycles. The van der Waals surface area contributed by atoms with E-state index in [-0.39, 0.29) is 0 Å². The van der Waals surface area contributed by atoms with Crippen molar-refractivity contribution >= 4 is 0 Å². The minimum absolute atomic E-state index is 0.299. The second-order valence-electron chi connectivity index (χ2n) is 3.04. The number of aliphatic hydroxyl groups is 1. The lowest BCUT2D eigenvalue weighted by Crippen LogP contribution is -2.03. The highest BCUT2D eigenvalue weighted by atomic mass is 16.5. The number of hydrogen-bond acceptors (Lipinski definition) is 2. The molecular weight excluding hydrogens is 140 g/mol. The molecule has 0 aromatic rings. The third-order valence-electron chi connectivity index (χ3n) is 1.65. The molecule has 68 valence electrons. The van der Waals surface area contributed by atoms with E-state index in [0.717, 1.165) is 32.5 Å². The van der Waals surface area contributed by atoms with Gasteiger partial charge in [0.05, 0.1) is 0 Å². The van der Waals surface area contributed by atoms with Crippen LogP contribution in [0, 0.1) is 5.92 Å². The van der Waals surface area contributed by atoms with E-state index in [1.54, 1.807) is 0 Å². The van der Waals surface area contributed by atoms with Gasteiger partial charge in [0.25, 0.3) is 0 Å². The minimum Gasteiger partial charge on any atom is -0.396 e. The zero-order valence-corrected chi connectivity index (χ0v) is 7.68. The summed E-state index contributed by atoms with van der Waals surface area (Å²) in [5.74, 6) is 0.431. The van der Waals surface area contributed by atoms with Gasteiger partial charge in [0, 0.05) is 19.8 Å². The highest BCUT2D eigenvalue weighted by molar-refractivity contribution is 4.49. The normalized spacial score (nSPS) is 13.4. The summed E-state index contributed by atoms with van der Waals surface area (Å²) in [5, 5.41) is 8.70. The Bertz CT molecular complexity index is 74.0. The van der Waals surface area contributed by atoms with Crippen LogP contribution in [0.4, 0.5) is 0 Å². The lowest BCUT2D eigenvalue weighted by molar-refractivity contribution is 0.123. The van der Waals surface area contributed by atoms with Crippen molar-refractivity contribution in [1.82, 2.24) is 0 Å². The van der Waals surface area contributed by atoms with Crippen molar-refractivity contribution in [2.75, 3.05) is 19.8 Å². The lowest BCUT2D eigenvalue weighted by Gasteiger charge is -2.06. The van der Waals surface area contributed by atoms with E-state index in [2.05, 4.69) is 13.8 Å². The van der Waals surface area contributed by atoms with Gasteiger partial charge >= 0.3 is 0 Å². The largest absolute Gasteiger partial charge is 0.396 e. The average molecular weight is 160 g/mol. The summed E-state index contributed by atoms with van der Waals surface area (Å²) < 4.78 is 5.30. The summed E-state index contributed by atoms with van der Waals surface area (Å²) in [6.45, 7) is 6.18. The molecular formula is C9H20O2. The van der Waals surface area contributed by atoms with E-state index < -0.39 is 0 Å². The maximum atomic E-state index is 8.70. The van der Waals surface area contributed by atoms with Gasteiger partial charge in [0.2, 0.25) is 0 Å². The van der Waals surface area contributed by atoms with Crippen molar-refractivity contribution in [1.29, 1.82) is 0 Å². The van der Waals surface area contributed by atoms with E-state index in [1.807, 2.05) is 0 Å². The molecule has 1 N–H and O–H groups in total. The smallest absolute Gasteiger partial charge is 0.0466 e. The van der Waals surface area contributed by atoms with Crippen LogP contribution in [0.25, 0.3) is 0 Å². The first-order valence-corrected chi connectivity index (χ1v) is 4.49. The molecule has 2 nitrogen and oxygen atoms in total. The van der Waals surface area contributed by atoms with E-state index >= 15 is 0 Å². The molecule has 0 bridgehead atoms. The molecule has 0 aromatic carbocycles. The highest BCUT2D eigenvalue weighted by Gasteiger charge is 1.98. The Morgan fingerprint density at radius 2 is 2.09 bits per heavy atom. The summed E-state index contributed by atoms with van der Waals surface area (Å²) in [7, 11) is 0. The van der Waals surface area contributed by atoms with Crippen molar-refractivity contribution in [3.63, 3.8) is 0 Å². The van der Waals surface area contributed by atoms with Crippen LogP contribution in [-0.2, 0) is 4.74 Å². The fraction of sp³-hybridized carbons (Fsp3) is 1.00. The van der Waals surface area contributed by atoms with Crippen LogP contribution in [0.2, 0.25) is 0 Å². The third-order valence-corrected chi connectivity index (χ3v) is 1.65. The molecule has 0 rings (SSSR count). The number of hydrogen-bond donors (Lipinski definition) is 1. The summed E-state index contributed by atoms with van der Waals surface area (Å²) in [6.07, 6.45) is 3.23. The lowest BCUT2D eigenvalue weighted by atomic mass is 10.1. The van der Waals surface area contributed by atoms with Gasteiger partial charge in [-0.25, -0.2) is 0 Å². The molecule has 0 amide bonds. The minimum atomic E-state index is 0.299. The fourth-order valence-electron chi connectivity index (χ4n) is 0.872. The first-order valence-electron chi connectivity index (χ1n) is 4.49. The summed E-state index contributed by atoms with van der Waals surface area (Å²) in [6, 6.07) is 0. The molecule has 0 aliphatic heterocycles. The molecule has 0 spiro atoms. The molecule has 0 heterocycles. The topological polar surface area (TPSA) is 29.5 Å². The third kappa shape index (κ3) is 7.82. The van der Waals surface area contributed by atoms with Crippen LogP contribution in [-0.4, -0.2) is 24.9 Å². The van der Waals surface area contributed by atoms with E-state index in [0.29, 0.717) is 12.5 Å². The molecule has 0 aromatic heterocycles. The second kappa shape index (κ2) is 8.02. The van der Waals surface area contributed by atoms with Crippen LogP contribution in [0.5, 0.6) is 0 Å². The van der Waals surface area contributed by atoms with Crippen molar-refractivity contribution in [2.45, 2.75) is 33.1 Å². The number of aliphatic hydroxyl groups excluding tert-OH is 1. The summed E-state index contributed by atoms with van der Waals surface area (Å²) in [4.78, 5) is 0. The van der Waals surface area contributed by atoms with Gasteiger partial charge in [-0.15, -0.1) is 0 Å². The zero-order chi connectivity index (χ0) is 8.53. The number of ether oxygens (including phenoxy) is 1. The Morgan fingerprint density at radius 1 is 1.36 bits per heavy atom. The maximum Gasteiger partial charge on any atom is 0.0466 e. The first kappa shape index (κ1) is 10.9. The first-order chi connectivity index (χ1) is 5.31. The van der Waals surface area contributed by atoms with Crippen LogP contribution in [0.3, 0.4) is 0 Å². The SMILES string of the molecule is CCCOCCCC(C)CO. The van der Waals surface area contributed by atoms with Crippen LogP contribution in [0.15, 0.2) is 0 Å². The van der Waals surface area contributed by atoms with Gasteiger partial charge in [-0.05, 0) is 25.2 Å². The Balaban J connectivity index is 2.89. The fourth-order valence-corrected chi connectivity index (χ4v) is 0.872. The summed E-state index contributed by atoms with van der Waals surface area (Å²) in [5.41, 5.74) is 0. The molecule has 2 heteroatoms. The Morgan fingerprint density at radius 3 is 2.64 bits per heavy atom. The predicted octanol–water partition coefficient (Wildman–Crippen LogP) is 1.82. The number of rotatable bonds is 7. The molecule has 0 radical (unpaired) electrons. The molecule has 0 aliphatic rings. The highest BCUT2D eigenvalue weighted by Crippen LogP contribution is 2.03. The Kier molecular flexibility index (Phi) is 7.96. The van der Waals surface area contributed by atoms with Gasteiger partial charge in [0.15, 0.2) is 0 Å². The second-order valence-corrected chi connectivity index (χ2v) is 3.04.